The quantitative estimate of drug-likeness (QED) is 0.273. The molecule has 3 aliphatic carbocycles. The first-order valence-electron chi connectivity index (χ1n) is 19.0. The number of anilines is 1. The molecule has 0 bridgehead atoms. The van der Waals surface area contributed by atoms with E-state index in [1.165, 1.54) is 95.5 Å². The third-order valence-corrected chi connectivity index (χ3v) is 13.7. The summed E-state index contributed by atoms with van der Waals surface area (Å²) in [5.74, 6) is 0.735. The first kappa shape index (κ1) is 34.7. The number of amides is 1. The number of halogens is 1. The molecule has 6 nitrogen and oxygen atoms in total. The van der Waals surface area contributed by atoms with Gasteiger partial charge in [-0.1, -0.05) is 96.1 Å². The summed E-state index contributed by atoms with van der Waals surface area (Å²) in [5, 5.41) is 9.87. The molecule has 2 aliphatic heterocycles. The second kappa shape index (κ2) is 16.5. The molecule has 6 rings (SSSR count). The summed E-state index contributed by atoms with van der Waals surface area (Å²) < 4.78 is 22.0. The number of fused-ring (bicyclic) bond motifs is 1. The molecule has 2 heterocycles. The number of rotatable bonds is 7. The van der Waals surface area contributed by atoms with Crippen LogP contribution in [-0.2, 0) is 9.53 Å². The molecule has 3 saturated carbocycles. The van der Waals surface area contributed by atoms with Crippen molar-refractivity contribution in [3.8, 4) is 0 Å². The van der Waals surface area contributed by atoms with Crippen LogP contribution in [0.25, 0.3) is 0 Å². The number of alkyl halides is 1. The number of nitrogens with one attached hydrogen (secondary N) is 3. The number of hydrazine groups is 1. The van der Waals surface area contributed by atoms with Crippen molar-refractivity contribution in [2.24, 2.45) is 17.3 Å². The van der Waals surface area contributed by atoms with E-state index in [4.69, 9.17) is 4.74 Å². The molecule has 0 spiro atoms. The van der Waals surface area contributed by atoms with Gasteiger partial charge < -0.3 is 15.4 Å². The normalized spacial score (nSPS) is 36.1. The van der Waals surface area contributed by atoms with E-state index in [2.05, 4.69) is 46.2 Å². The van der Waals surface area contributed by atoms with Crippen LogP contribution in [0.1, 0.15) is 140 Å². The monoisotopic (exact) mass is 656 g/mol. The third-order valence-electron chi connectivity index (χ3n) is 12.3. The van der Waals surface area contributed by atoms with Crippen LogP contribution >= 0.6 is 11.8 Å². The van der Waals surface area contributed by atoms with Gasteiger partial charge in [0.15, 0.2) is 0 Å². The highest BCUT2D eigenvalue weighted by molar-refractivity contribution is 8.00. The van der Waals surface area contributed by atoms with Crippen molar-refractivity contribution in [1.29, 1.82) is 0 Å². The van der Waals surface area contributed by atoms with Crippen LogP contribution < -0.4 is 16.1 Å². The molecule has 0 aromatic heterocycles. The van der Waals surface area contributed by atoms with Crippen molar-refractivity contribution in [2.75, 3.05) is 19.0 Å². The molecule has 1 amide bonds. The topological polar surface area (TPSA) is 65.6 Å². The Labute approximate surface area is 282 Å². The van der Waals surface area contributed by atoms with Crippen LogP contribution in [0.5, 0.6) is 0 Å². The fourth-order valence-electron chi connectivity index (χ4n) is 9.91. The van der Waals surface area contributed by atoms with Gasteiger partial charge in [-0.05, 0) is 74.5 Å². The second-order valence-corrected chi connectivity index (χ2v) is 16.6. The van der Waals surface area contributed by atoms with Crippen molar-refractivity contribution in [3.63, 3.8) is 0 Å². The van der Waals surface area contributed by atoms with E-state index in [1.54, 1.807) is 7.11 Å². The molecule has 7 unspecified atom stereocenters. The lowest BCUT2D eigenvalue weighted by Gasteiger charge is -2.50. The summed E-state index contributed by atoms with van der Waals surface area (Å²) in [6.07, 6.45) is 21.5. The van der Waals surface area contributed by atoms with Crippen molar-refractivity contribution in [3.05, 3.63) is 29.8 Å². The standard InChI is InChI=1S/C38H61FN4O2S/c1-27-22-23-33(39)38(29-17-11-7-3-4-8-12-18-29)25-32(41-35(27)38)36(44)40-30-19-15-16-28(24-30)37-42-43(34(46-37)26-45-2)31-20-13-9-5-6-10-14-21-31/h15-16,19,24,27,29,31-35,37,41-42H,3-14,17-18,20-23,25-26H2,1-2H3,(H,40,44). The van der Waals surface area contributed by atoms with Gasteiger partial charge in [0, 0.05) is 30.3 Å². The third kappa shape index (κ3) is 7.82. The summed E-state index contributed by atoms with van der Waals surface area (Å²) in [6.45, 7) is 2.97. The molecular weight excluding hydrogens is 596 g/mol. The molecule has 5 aliphatic rings. The summed E-state index contributed by atoms with van der Waals surface area (Å²) in [6, 6.07) is 8.60. The number of nitrogens with zero attached hydrogens (tertiary/aromatic N) is 1. The molecule has 2 saturated heterocycles. The first-order chi connectivity index (χ1) is 22.5. The summed E-state index contributed by atoms with van der Waals surface area (Å²) in [4.78, 5) is 13.9. The van der Waals surface area contributed by atoms with Gasteiger partial charge in [-0.2, -0.15) is 0 Å². The highest BCUT2D eigenvalue weighted by Gasteiger charge is 2.60. The van der Waals surface area contributed by atoms with Gasteiger partial charge in [-0.3, -0.25) is 4.79 Å². The van der Waals surface area contributed by atoms with Crippen LogP contribution in [0.3, 0.4) is 0 Å². The number of hydrogen-bond acceptors (Lipinski definition) is 6. The molecular formula is C38H61FN4O2S. The lowest BCUT2D eigenvalue weighted by atomic mass is 9.57. The Bertz CT molecular complexity index is 1110. The van der Waals surface area contributed by atoms with Gasteiger partial charge in [0.1, 0.15) is 6.17 Å². The van der Waals surface area contributed by atoms with Crippen LogP contribution in [-0.4, -0.2) is 54.3 Å². The minimum absolute atomic E-state index is 0.00935. The van der Waals surface area contributed by atoms with Crippen molar-refractivity contribution in [1.82, 2.24) is 15.8 Å². The lowest BCUT2D eigenvalue weighted by molar-refractivity contribution is -0.118. The number of carbonyl (C=O) groups excluding carboxylic acids is 1. The van der Waals surface area contributed by atoms with Gasteiger partial charge in [0.2, 0.25) is 5.91 Å². The number of benzene rings is 1. The Hall–Kier alpha value is -1.19. The highest BCUT2D eigenvalue weighted by atomic mass is 32.2. The number of carbonyl (C=O) groups is 1. The number of ether oxygens (including phenoxy) is 1. The maximum absolute atomic E-state index is 16.3. The lowest BCUT2D eigenvalue weighted by Crippen LogP contribution is -2.55. The fraction of sp³-hybridized carbons (Fsp3) is 0.816. The Kier molecular flexibility index (Phi) is 12.4. The SMILES string of the molecule is COCC1SC(c2cccc(NC(=O)C3CC4(C5CCCCCCCC5)C(F)CCC(C)C4N3)c2)NN1C1CCCCCCCC1. The van der Waals surface area contributed by atoms with Crippen molar-refractivity contribution in [2.45, 2.75) is 164 Å². The minimum Gasteiger partial charge on any atom is -0.382 e. The average molecular weight is 657 g/mol. The molecule has 5 fully saturated rings. The number of methoxy groups -OCH3 is 1. The predicted octanol–water partition coefficient (Wildman–Crippen LogP) is 8.89. The number of thioether (sulfide) groups is 1. The van der Waals surface area contributed by atoms with E-state index in [0.29, 0.717) is 37.3 Å². The maximum Gasteiger partial charge on any atom is 0.241 e. The maximum atomic E-state index is 16.3. The van der Waals surface area contributed by atoms with Gasteiger partial charge in [-0.15, -0.1) is 11.8 Å². The van der Waals surface area contributed by atoms with Crippen LogP contribution in [0, 0.1) is 17.3 Å². The largest absolute Gasteiger partial charge is 0.382 e. The van der Waals surface area contributed by atoms with Crippen LogP contribution in [0.4, 0.5) is 10.1 Å². The summed E-state index contributed by atoms with van der Waals surface area (Å²) >= 11 is 1.92. The Morgan fingerprint density at radius 3 is 2.28 bits per heavy atom. The van der Waals surface area contributed by atoms with Gasteiger partial charge in [0.25, 0.3) is 0 Å². The van der Waals surface area contributed by atoms with Crippen LogP contribution in [0.2, 0.25) is 0 Å². The molecule has 8 heteroatoms. The summed E-state index contributed by atoms with van der Waals surface area (Å²) in [5.41, 5.74) is 5.43. The van der Waals surface area contributed by atoms with E-state index < -0.39 is 11.6 Å². The van der Waals surface area contributed by atoms with Gasteiger partial charge in [0.05, 0.1) is 23.4 Å². The zero-order valence-electron chi connectivity index (χ0n) is 28.6. The minimum atomic E-state index is -0.830. The molecule has 3 N–H and O–H groups in total. The van der Waals surface area contributed by atoms with Gasteiger partial charge in [-0.25, -0.2) is 14.8 Å². The highest BCUT2D eigenvalue weighted by Crippen LogP contribution is 2.56. The molecule has 0 radical (unpaired) electrons. The summed E-state index contributed by atoms with van der Waals surface area (Å²) in [7, 11) is 1.80. The predicted molar refractivity (Wildman–Crippen MR) is 188 cm³/mol. The number of hydrogen-bond donors (Lipinski definition) is 3. The van der Waals surface area contributed by atoms with Gasteiger partial charge >= 0.3 is 0 Å². The molecule has 1 aromatic carbocycles. The van der Waals surface area contributed by atoms with E-state index in [9.17, 15) is 4.79 Å². The van der Waals surface area contributed by atoms with E-state index in [0.717, 1.165) is 24.9 Å². The van der Waals surface area contributed by atoms with Crippen LogP contribution in [0.15, 0.2) is 24.3 Å². The first-order valence-corrected chi connectivity index (χ1v) is 19.9. The van der Waals surface area contributed by atoms with Crippen molar-refractivity contribution >= 4 is 23.4 Å². The molecule has 46 heavy (non-hydrogen) atoms. The average Bonchev–Trinajstić information content (AvgIpc) is 3.72. The zero-order chi connectivity index (χ0) is 31.9. The second-order valence-electron chi connectivity index (χ2n) is 15.4. The van der Waals surface area contributed by atoms with E-state index >= 15 is 4.39 Å². The Morgan fingerprint density at radius 1 is 0.957 bits per heavy atom. The molecule has 7 atom stereocenters. The smallest absolute Gasteiger partial charge is 0.241 e. The van der Waals surface area contributed by atoms with E-state index in [1.807, 2.05) is 17.8 Å². The van der Waals surface area contributed by atoms with E-state index in [-0.39, 0.29) is 28.7 Å². The zero-order valence-corrected chi connectivity index (χ0v) is 29.4. The Morgan fingerprint density at radius 2 is 1.61 bits per heavy atom. The Balaban J connectivity index is 1.14. The molecule has 1 aromatic rings. The fourth-order valence-corrected chi connectivity index (χ4v) is 11.3. The van der Waals surface area contributed by atoms with Crippen molar-refractivity contribution < 1.29 is 13.9 Å². The molecule has 258 valence electrons.